The van der Waals surface area contributed by atoms with Gasteiger partial charge in [-0.3, -0.25) is 4.79 Å². The van der Waals surface area contributed by atoms with E-state index in [1.807, 2.05) is 55.5 Å². The summed E-state index contributed by atoms with van der Waals surface area (Å²) >= 11 is 0. The lowest BCUT2D eigenvalue weighted by molar-refractivity contribution is -0.117. The van der Waals surface area contributed by atoms with Crippen molar-refractivity contribution in [1.82, 2.24) is 10.3 Å². The number of aromatic nitrogens is 1. The second kappa shape index (κ2) is 8.98. The molecule has 29 heavy (non-hydrogen) atoms. The lowest BCUT2D eigenvalue weighted by Crippen LogP contribution is -2.26. The second-order valence-electron chi connectivity index (χ2n) is 6.57. The van der Waals surface area contributed by atoms with Crippen molar-refractivity contribution in [2.45, 2.75) is 13.3 Å². The number of nitriles is 1. The van der Waals surface area contributed by atoms with Gasteiger partial charge >= 0.3 is 0 Å². The average molecular weight is 389 g/mol. The molecule has 3 rings (SSSR count). The summed E-state index contributed by atoms with van der Waals surface area (Å²) < 4.78 is 10.5. The van der Waals surface area contributed by atoms with Gasteiger partial charge in [-0.05, 0) is 43.2 Å². The molecule has 0 saturated carbocycles. The van der Waals surface area contributed by atoms with E-state index in [-0.39, 0.29) is 5.57 Å². The molecule has 0 atom stereocenters. The summed E-state index contributed by atoms with van der Waals surface area (Å²) in [5, 5.41) is 13.3. The maximum absolute atomic E-state index is 12.5. The predicted molar refractivity (Wildman–Crippen MR) is 113 cm³/mol. The minimum absolute atomic E-state index is 0.0742. The average Bonchev–Trinajstić information content (AvgIpc) is 3.06. The lowest BCUT2D eigenvalue weighted by atomic mass is 10.1. The Morgan fingerprint density at radius 3 is 2.66 bits per heavy atom. The third kappa shape index (κ3) is 4.41. The third-order valence-corrected chi connectivity index (χ3v) is 4.74. The fraction of sp³-hybridized carbons (Fsp3) is 0.217. The molecule has 2 N–H and O–H groups in total. The van der Waals surface area contributed by atoms with Crippen LogP contribution in [0.4, 0.5) is 0 Å². The van der Waals surface area contributed by atoms with Crippen LogP contribution in [-0.4, -0.2) is 31.7 Å². The number of methoxy groups -OCH3 is 2. The van der Waals surface area contributed by atoms with Crippen LogP contribution < -0.4 is 14.8 Å². The van der Waals surface area contributed by atoms with Gasteiger partial charge in [-0.1, -0.05) is 24.3 Å². The summed E-state index contributed by atoms with van der Waals surface area (Å²) in [5.74, 6) is 0.908. The number of carbonyl (C=O) groups is 1. The first-order valence-electron chi connectivity index (χ1n) is 9.25. The standard InChI is InChI=1S/C23H23N3O3/c1-15-19(18-6-4-5-7-20(18)26-15)13-17(14-24)23(27)25-11-10-16-8-9-21(28-2)22(12-16)29-3/h4-9,12-13,26H,10-11H2,1-3H3,(H,25,27)/b17-13-. The van der Waals surface area contributed by atoms with E-state index in [0.717, 1.165) is 27.7 Å². The highest BCUT2D eigenvalue weighted by Crippen LogP contribution is 2.27. The molecule has 0 aliphatic heterocycles. The molecule has 6 heteroatoms. The Bertz CT molecular complexity index is 1110. The SMILES string of the molecule is COc1ccc(CCNC(=O)/C(C#N)=C\c2c(C)[nH]c3ccccc23)cc1OC. The van der Waals surface area contributed by atoms with Gasteiger partial charge < -0.3 is 19.8 Å². The predicted octanol–water partition coefficient (Wildman–Crippen LogP) is 3.76. The van der Waals surface area contributed by atoms with Crippen molar-refractivity contribution < 1.29 is 14.3 Å². The molecule has 3 aromatic rings. The zero-order valence-corrected chi connectivity index (χ0v) is 16.7. The fourth-order valence-corrected chi connectivity index (χ4v) is 3.23. The first kappa shape index (κ1) is 20.0. The van der Waals surface area contributed by atoms with Gasteiger partial charge in [0.1, 0.15) is 11.6 Å². The second-order valence-corrected chi connectivity index (χ2v) is 6.57. The number of aromatic amines is 1. The van der Waals surface area contributed by atoms with Crippen molar-refractivity contribution in [3.8, 4) is 17.6 Å². The van der Waals surface area contributed by atoms with Crippen LogP contribution in [0.2, 0.25) is 0 Å². The minimum atomic E-state index is -0.391. The number of rotatable bonds is 7. The number of carbonyl (C=O) groups excluding carboxylic acids is 1. The zero-order valence-electron chi connectivity index (χ0n) is 16.7. The van der Waals surface area contributed by atoms with E-state index in [1.54, 1.807) is 20.3 Å². The summed E-state index contributed by atoms with van der Waals surface area (Å²) in [7, 11) is 3.17. The van der Waals surface area contributed by atoms with Crippen LogP contribution in [0.3, 0.4) is 0 Å². The normalized spacial score (nSPS) is 11.2. The number of H-pyrrole nitrogens is 1. The number of amides is 1. The van der Waals surface area contributed by atoms with Gasteiger partial charge in [0.2, 0.25) is 0 Å². The molecule has 0 aliphatic carbocycles. The van der Waals surface area contributed by atoms with E-state index in [9.17, 15) is 10.1 Å². The third-order valence-electron chi connectivity index (χ3n) is 4.74. The van der Waals surface area contributed by atoms with Crippen molar-refractivity contribution in [1.29, 1.82) is 5.26 Å². The molecule has 0 aliphatic rings. The molecule has 0 fully saturated rings. The monoisotopic (exact) mass is 389 g/mol. The molecule has 0 saturated heterocycles. The van der Waals surface area contributed by atoms with Gasteiger partial charge in [-0.25, -0.2) is 0 Å². The van der Waals surface area contributed by atoms with E-state index < -0.39 is 5.91 Å². The Morgan fingerprint density at radius 1 is 1.17 bits per heavy atom. The number of ether oxygens (including phenoxy) is 2. The molecule has 1 heterocycles. The number of nitrogens with one attached hydrogen (secondary N) is 2. The van der Waals surface area contributed by atoms with Crippen LogP contribution in [0.25, 0.3) is 17.0 Å². The highest BCUT2D eigenvalue weighted by atomic mass is 16.5. The Hall–Kier alpha value is -3.72. The van der Waals surface area contributed by atoms with Crippen LogP contribution in [0.15, 0.2) is 48.0 Å². The molecule has 0 bridgehead atoms. The maximum atomic E-state index is 12.5. The Balaban J connectivity index is 1.70. The van der Waals surface area contributed by atoms with E-state index in [4.69, 9.17) is 9.47 Å². The summed E-state index contributed by atoms with van der Waals surface area (Å²) in [6.07, 6.45) is 2.25. The van der Waals surface area contributed by atoms with E-state index in [0.29, 0.717) is 24.5 Å². The number of nitrogens with zero attached hydrogens (tertiary/aromatic N) is 1. The summed E-state index contributed by atoms with van der Waals surface area (Å²) in [5.41, 5.74) is 3.81. The Morgan fingerprint density at radius 2 is 1.93 bits per heavy atom. The van der Waals surface area contributed by atoms with Gasteiger partial charge in [0.25, 0.3) is 5.91 Å². The number of aryl methyl sites for hydroxylation is 1. The molecule has 1 aromatic heterocycles. The van der Waals surface area contributed by atoms with Crippen molar-refractivity contribution in [2.75, 3.05) is 20.8 Å². The summed E-state index contributed by atoms with van der Waals surface area (Å²) in [6, 6.07) is 15.4. The van der Waals surface area contributed by atoms with E-state index >= 15 is 0 Å². The number of hydrogen-bond acceptors (Lipinski definition) is 4. The van der Waals surface area contributed by atoms with Crippen molar-refractivity contribution in [3.63, 3.8) is 0 Å². The molecule has 0 spiro atoms. The number of fused-ring (bicyclic) bond motifs is 1. The smallest absolute Gasteiger partial charge is 0.261 e. The van der Waals surface area contributed by atoms with Crippen molar-refractivity contribution in [3.05, 3.63) is 64.9 Å². The van der Waals surface area contributed by atoms with E-state index in [2.05, 4.69) is 10.3 Å². The zero-order chi connectivity index (χ0) is 20.8. The molecule has 6 nitrogen and oxygen atoms in total. The molecule has 0 unspecified atom stereocenters. The molecule has 1 amide bonds. The number of para-hydroxylation sites is 1. The van der Waals surface area contributed by atoms with Gasteiger partial charge in [0.15, 0.2) is 11.5 Å². The maximum Gasteiger partial charge on any atom is 0.261 e. The van der Waals surface area contributed by atoms with Crippen LogP contribution in [0, 0.1) is 18.3 Å². The van der Waals surface area contributed by atoms with Gasteiger partial charge in [-0.2, -0.15) is 5.26 Å². The summed E-state index contributed by atoms with van der Waals surface area (Å²) in [6.45, 7) is 2.33. The first-order chi connectivity index (χ1) is 14.1. The minimum Gasteiger partial charge on any atom is -0.493 e. The van der Waals surface area contributed by atoms with Crippen molar-refractivity contribution in [2.24, 2.45) is 0 Å². The van der Waals surface area contributed by atoms with Gasteiger partial charge in [0.05, 0.1) is 14.2 Å². The van der Waals surface area contributed by atoms with Crippen LogP contribution >= 0.6 is 0 Å². The van der Waals surface area contributed by atoms with Crippen molar-refractivity contribution >= 4 is 22.9 Å². The van der Waals surface area contributed by atoms with Crippen LogP contribution in [-0.2, 0) is 11.2 Å². The molecule has 2 aromatic carbocycles. The number of hydrogen-bond donors (Lipinski definition) is 2. The lowest BCUT2D eigenvalue weighted by Gasteiger charge is -2.10. The summed E-state index contributed by atoms with van der Waals surface area (Å²) in [4.78, 5) is 15.8. The molecular weight excluding hydrogens is 366 g/mol. The quantitative estimate of drug-likeness (QED) is 0.476. The highest BCUT2D eigenvalue weighted by molar-refractivity contribution is 6.04. The van der Waals surface area contributed by atoms with Crippen LogP contribution in [0.1, 0.15) is 16.8 Å². The highest BCUT2D eigenvalue weighted by Gasteiger charge is 2.12. The molecule has 148 valence electrons. The Kier molecular flexibility index (Phi) is 6.20. The van der Waals surface area contributed by atoms with Crippen LogP contribution in [0.5, 0.6) is 11.5 Å². The van der Waals surface area contributed by atoms with Gasteiger partial charge in [-0.15, -0.1) is 0 Å². The molecular formula is C23H23N3O3. The fourth-order valence-electron chi connectivity index (χ4n) is 3.23. The Labute approximate surface area is 169 Å². The topological polar surface area (TPSA) is 87.1 Å². The molecule has 0 radical (unpaired) electrons. The first-order valence-corrected chi connectivity index (χ1v) is 9.25. The largest absolute Gasteiger partial charge is 0.493 e. The van der Waals surface area contributed by atoms with Gasteiger partial charge in [0, 0.05) is 28.7 Å². The van der Waals surface area contributed by atoms with E-state index in [1.165, 1.54) is 0 Å². The number of benzene rings is 2.